The van der Waals surface area contributed by atoms with Crippen LogP contribution in [0.1, 0.15) is 35.2 Å². The second-order valence-corrected chi connectivity index (χ2v) is 5.65. The smallest absolute Gasteiger partial charge is 0.271 e. The van der Waals surface area contributed by atoms with Crippen molar-refractivity contribution in [1.29, 1.82) is 0 Å². The first kappa shape index (κ1) is 12.2. The number of aromatic nitrogens is 3. The van der Waals surface area contributed by atoms with Gasteiger partial charge in [-0.25, -0.2) is 9.97 Å². The lowest BCUT2D eigenvalue weighted by Crippen LogP contribution is -2.31. The normalized spacial score (nSPS) is 16.3. The zero-order chi connectivity index (χ0) is 13.4. The van der Waals surface area contributed by atoms with E-state index in [1.807, 2.05) is 17.8 Å². The maximum atomic E-state index is 12.1. The maximum Gasteiger partial charge on any atom is 0.271 e. The number of carbonyl (C=O) groups is 1. The van der Waals surface area contributed by atoms with Crippen molar-refractivity contribution in [3.63, 3.8) is 0 Å². The number of anilines is 1. The summed E-state index contributed by atoms with van der Waals surface area (Å²) in [6.45, 7) is 0. The van der Waals surface area contributed by atoms with E-state index in [1.54, 1.807) is 11.6 Å². The summed E-state index contributed by atoms with van der Waals surface area (Å²) >= 11 is 1.27. The molecule has 100 valence electrons. The van der Waals surface area contributed by atoms with Gasteiger partial charge in [0.05, 0.1) is 6.04 Å². The van der Waals surface area contributed by atoms with Crippen LogP contribution in [0.4, 0.5) is 5.13 Å². The first-order valence-electron chi connectivity index (χ1n) is 6.14. The van der Waals surface area contributed by atoms with Crippen LogP contribution in [0.3, 0.4) is 0 Å². The number of thiazole rings is 1. The summed E-state index contributed by atoms with van der Waals surface area (Å²) in [5.74, 6) is 1.17. The minimum absolute atomic E-state index is 0.0459. The van der Waals surface area contributed by atoms with E-state index in [1.165, 1.54) is 11.3 Å². The number of nitrogen functional groups attached to an aromatic ring is 1. The van der Waals surface area contributed by atoms with E-state index in [9.17, 15) is 4.79 Å². The molecule has 0 saturated heterocycles. The average Bonchev–Trinajstić information content (AvgIpc) is 3.00. The standard InChI is InChI=1S/C12H15N5OS/c1-17-5-4-14-10(17)9(7-2-3-7)16-11(18)8-6-19-12(13)15-8/h4-7,9H,2-3H2,1H3,(H2,13,15)(H,16,18). The van der Waals surface area contributed by atoms with Crippen molar-refractivity contribution in [2.45, 2.75) is 18.9 Å². The molecule has 2 heterocycles. The van der Waals surface area contributed by atoms with Crippen LogP contribution < -0.4 is 11.1 Å². The monoisotopic (exact) mass is 277 g/mol. The van der Waals surface area contributed by atoms with E-state index in [0.717, 1.165) is 18.7 Å². The molecular formula is C12H15N5OS. The number of aryl methyl sites for hydroxylation is 1. The largest absolute Gasteiger partial charge is 0.375 e. The quantitative estimate of drug-likeness (QED) is 0.883. The SMILES string of the molecule is Cn1ccnc1C(NC(=O)c1csc(N)n1)C1CC1. The van der Waals surface area contributed by atoms with Gasteiger partial charge < -0.3 is 15.6 Å². The molecule has 2 aromatic rings. The van der Waals surface area contributed by atoms with Gasteiger partial charge in [-0.15, -0.1) is 11.3 Å². The number of imidazole rings is 1. The van der Waals surface area contributed by atoms with Crippen LogP contribution in [0.25, 0.3) is 0 Å². The molecule has 1 atom stereocenters. The predicted molar refractivity (Wildman–Crippen MR) is 72.7 cm³/mol. The first-order valence-corrected chi connectivity index (χ1v) is 7.02. The Morgan fingerprint density at radius 2 is 2.42 bits per heavy atom. The number of hydrogen-bond acceptors (Lipinski definition) is 5. The summed E-state index contributed by atoms with van der Waals surface area (Å²) in [6.07, 6.45) is 5.88. The topological polar surface area (TPSA) is 85.8 Å². The van der Waals surface area contributed by atoms with E-state index in [4.69, 9.17) is 5.73 Å². The number of rotatable bonds is 4. The molecule has 0 aromatic carbocycles. The van der Waals surface area contributed by atoms with Gasteiger partial charge in [-0.3, -0.25) is 4.79 Å². The Hall–Kier alpha value is -1.89. The third-order valence-electron chi connectivity index (χ3n) is 3.27. The molecule has 0 spiro atoms. The fraction of sp³-hybridized carbons (Fsp3) is 0.417. The molecule has 3 N–H and O–H groups in total. The third-order valence-corrected chi connectivity index (χ3v) is 3.95. The minimum Gasteiger partial charge on any atom is -0.375 e. The van der Waals surface area contributed by atoms with Gasteiger partial charge in [0.15, 0.2) is 5.13 Å². The zero-order valence-corrected chi connectivity index (χ0v) is 11.4. The molecule has 1 fully saturated rings. The molecule has 0 bridgehead atoms. The Labute approximate surface area is 114 Å². The van der Waals surface area contributed by atoms with Crippen molar-refractivity contribution < 1.29 is 4.79 Å². The van der Waals surface area contributed by atoms with Gasteiger partial charge >= 0.3 is 0 Å². The Balaban J connectivity index is 1.79. The van der Waals surface area contributed by atoms with Gasteiger partial charge in [0, 0.05) is 24.8 Å². The second kappa shape index (κ2) is 4.65. The molecular weight excluding hydrogens is 262 g/mol. The lowest BCUT2D eigenvalue weighted by atomic mass is 10.1. The van der Waals surface area contributed by atoms with E-state index in [0.29, 0.717) is 16.7 Å². The highest BCUT2D eigenvalue weighted by Crippen LogP contribution is 2.40. The van der Waals surface area contributed by atoms with Crippen LogP contribution >= 0.6 is 11.3 Å². The molecule has 1 aliphatic rings. The summed E-state index contributed by atoms with van der Waals surface area (Å²) in [6, 6.07) is -0.0459. The Morgan fingerprint density at radius 1 is 1.63 bits per heavy atom. The van der Waals surface area contributed by atoms with Gasteiger partial charge in [0.2, 0.25) is 0 Å². The van der Waals surface area contributed by atoms with E-state index in [-0.39, 0.29) is 11.9 Å². The van der Waals surface area contributed by atoms with Crippen LogP contribution in [0, 0.1) is 5.92 Å². The molecule has 0 aliphatic heterocycles. The number of nitrogens with one attached hydrogen (secondary N) is 1. The van der Waals surface area contributed by atoms with Crippen molar-refractivity contribution >= 4 is 22.4 Å². The van der Waals surface area contributed by atoms with Crippen LogP contribution in [-0.4, -0.2) is 20.4 Å². The third kappa shape index (κ3) is 2.46. The molecule has 2 aromatic heterocycles. The molecule has 19 heavy (non-hydrogen) atoms. The first-order chi connectivity index (χ1) is 9.15. The highest BCUT2D eigenvalue weighted by atomic mass is 32.1. The molecule has 7 heteroatoms. The summed E-state index contributed by atoms with van der Waals surface area (Å²) in [5, 5.41) is 5.10. The van der Waals surface area contributed by atoms with Gasteiger partial charge in [-0.1, -0.05) is 0 Å². The molecule has 1 saturated carbocycles. The number of amides is 1. The highest BCUT2D eigenvalue weighted by molar-refractivity contribution is 7.13. The average molecular weight is 277 g/mol. The van der Waals surface area contributed by atoms with Crippen molar-refractivity contribution in [1.82, 2.24) is 19.9 Å². The predicted octanol–water partition coefficient (Wildman–Crippen LogP) is 1.34. The van der Waals surface area contributed by atoms with Crippen LogP contribution in [0.2, 0.25) is 0 Å². The van der Waals surface area contributed by atoms with Gasteiger partial charge in [-0.2, -0.15) is 0 Å². The molecule has 1 unspecified atom stereocenters. The van der Waals surface area contributed by atoms with Crippen LogP contribution in [-0.2, 0) is 7.05 Å². The van der Waals surface area contributed by atoms with E-state index < -0.39 is 0 Å². The Kier molecular flexibility index (Phi) is 2.98. The van der Waals surface area contributed by atoms with E-state index in [2.05, 4.69) is 15.3 Å². The second-order valence-electron chi connectivity index (χ2n) is 4.76. The number of nitrogens with two attached hydrogens (primary N) is 1. The van der Waals surface area contributed by atoms with Gasteiger partial charge in [0.1, 0.15) is 11.5 Å². The summed E-state index contributed by atoms with van der Waals surface area (Å²) in [5.41, 5.74) is 5.93. The van der Waals surface area contributed by atoms with Crippen molar-refractivity contribution in [2.24, 2.45) is 13.0 Å². The van der Waals surface area contributed by atoms with Gasteiger partial charge in [-0.05, 0) is 18.8 Å². The summed E-state index contributed by atoms with van der Waals surface area (Å²) in [4.78, 5) is 20.5. The number of nitrogens with zero attached hydrogens (tertiary/aromatic N) is 3. The fourth-order valence-electron chi connectivity index (χ4n) is 2.11. The summed E-state index contributed by atoms with van der Waals surface area (Å²) in [7, 11) is 1.94. The maximum absolute atomic E-state index is 12.1. The van der Waals surface area contributed by atoms with Crippen LogP contribution in [0.15, 0.2) is 17.8 Å². The molecule has 0 radical (unpaired) electrons. The van der Waals surface area contributed by atoms with Crippen LogP contribution in [0.5, 0.6) is 0 Å². The highest BCUT2D eigenvalue weighted by Gasteiger charge is 2.36. The molecule has 1 amide bonds. The lowest BCUT2D eigenvalue weighted by molar-refractivity contribution is 0.0924. The van der Waals surface area contributed by atoms with Crippen molar-refractivity contribution in [3.8, 4) is 0 Å². The lowest BCUT2D eigenvalue weighted by Gasteiger charge is -2.17. The summed E-state index contributed by atoms with van der Waals surface area (Å²) < 4.78 is 1.94. The zero-order valence-electron chi connectivity index (χ0n) is 10.5. The molecule has 3 rings (SSSR count). The van der Waals surface area contributed by atoms with Crippen molar-refractivity contribution in [2.75, 3.05) is 5.73 Å². The minimum atomic E-state index is -0.187. The van der Waals surface area contributed by atoms with Gasteiger partial charge in [0.25, 0.3) is 5.91 Å². The number of hydrogen-bond donors (Lipinski definition) is 2. The molecule has 6 nitrogen and oxygen atoms in total. The van der Waals surface area contributed by atoms with E-state index >= 15 is 0 Å². The Bertz CT molecular complexity index is 601. The fourth-order valence-corrected chi connectivity index (χ4v) is 2.65. The van der Waals surface area contributed by atoms with Crippen molar-refractivity contribution in [3.05, 3.63) is 29.3 Å². The Morgan fingerprint density at radius 3 is 2.95 bits per heavy atom. The number of carbonyl (C=O) groups excluding carboxylic acids is 1. The molecule has 1 aliphatic carbocycles.